The molecule has 0 saturated heterocycles. The van der Waals surface area contributed by atoms with Gasteiger partial charge in [-0.3, -0.25) is 0 Å². The van der Waals surface area contributed by atoms with Crippen molar-refractivity contribution in [1.82, 2.24) is 10.3 Å². The van der Waals surface area contributed by atoms with Gasteiger partial charge in [0.15, 0.2) is 22.7 Å². The highest BCUT2D eigenvalue weighted by Gasteiger charge is 2.15. The monoisotopic (exact) mass is 262 g/mol. The van der Waals surface area contributed by atoms with Crippen LogP contribution in [0.1, 0.15) is 16.3 Å². The molecule has 6 nitrogen and oxygen atoms in total. The Kier molecular flexibility index (Phi) is 3.12. The molecule has 0 bridgehead atoms. The number of halogens is 2. The van der Waals surface area contributed by atoms with Crippen LogP contribution in [0.3, 0.4) is 0 Å². The van der Waals surface area contributed by atoms with Crippen molar-refractivity contribution in [3.63, 3.8) is 0 Å². The van der Waals surface area contributed by atoms with Crippen LogP contribution in [0.5, 0.6) is 0 Å². The highest BCUT2D eigenvalue weighted by Crippen LogP contribution is 2.13. The second kappa shape index (κ2) is 4.54. The van der Waals surface area contributed by atoms with Gasteiger partial charge in [-0.15, -0.1) is 0 Å². The zero-order valence-electron chi connectivity index (χ0n) is 7.65. The summed E-state index contributed by atoms with van der Waals surface area (Å²) >= 11 is 11.0. The molecule has 0 radical (unpaired) electrons. The molecule has 0 amide bonds. The maximum absolute atomic E-state index is 11.3. The average Bonchev–Trinajstić information content (AvgIpc) is 2.84. The Bertz CT molecular complexity index is 508. The van der Waals surface area contributed by atoms with E-state index in [2.05, 4.69) is 14.8 Å². The van der Waals surface area contributed by atoms with Gasteiger partial charge in [0.25, 0.3) is 0 Å². The molecule has 2 aromatic heterocycles. The predicted molar refractivity (Wildman–Crippen MR) is 52.1 cm³/mol. The lowest BCUT2D eigenvalue weighted by molar-refractivity contribution is 0.0391. The Morgan fingerprint density at radius 3 is 2.50 bits per heavy atom. The van der Waals surface area contributed by atoms with Crippen LogP contribution in [-0.2, 0) is 11.3 Å². The van der Waals surface area contributed by atoms with E-state index in [9.17, 15) is 4.79 Å². The van der Waals surface area contributed by atoms with Gasteiger partial charge in [0, 0.05) is 12.1 Å². The fourth-order valence-corrected chi connectivity index (χ4v) is 1.20. The third kappa shape index (κ3) is 2.53. The first-order valence-electron chi connectivity index (χ1n) is 4.05. The zero-order valence-corrected chi connectivity index (χ0v) is 9.16. The lowest BCUT2D eigenvalue weighted by Gasteiger charge is -1.97. The van der Waals surface area contributed by atoms with Gasteiger partial charge in [-0.2, -0.15) is 0 Å². The van der Waals surface area contributed by atoms with Crippen molar-refractivity contribution in [2.24, 2.45) is 0 Å². The van der Waals surface area contributed by atoms with Gasteiger partial charge in [0.05, 0.1) is 0 Å². The van der Waals surface area contributed by atoms with E-state index in [1.807, 2.05) is 0 Å². The van der Waals surface area contributed by atoms with Crippen LogP contribution in [0, 0.1) is 0 Å². The van der Waals surface area contributed by atoms with E-state index in [1.165, 1.54) is 12.1 Å². The van der Waals surface area contributed by atoms with Crippen LogP contribution in [0.4, 0.5) is 0 Å². The summed E-state index contributed by atoms with van der Waals surface area (Å²) in [7, 11) is 0. The third-order valence-electron chi connectivity index (χ3n) is 1.56. The molecule has 0 aliphatic heterocycles. The van der Waals surface area contributed by atoms with Crippen molar-refractivity contribution in [2.75, 3.05) is 0 Å². The number of aromatic nitrogens is 2. The molecule has 0 saturated carbocycles. The number of carbonyl (C=O) groups is 1. The smallest absolute Gasteiger partial charge is 0.377 e. The molecule has 84 valence electrons. The van der Waals surface area contributed by atoms with Crippen molar-refractivity contribution in [1.29, 1.82) is 0 Å². The van der Waals surface area contributed by atoms with Gasteiger partial charge in [0.1, 0.15) is 0 Å². The van der Waals surface area contributed by atoms with Crippen LogP contribution in [-0.4, -0.2) is 16.3 Å². The number of esters is 1. The first-order chi connectivity index (χ1) is 7.65. The molecule has 8 heteroatoms. The molecule has 0 aliphatic carbocycles. The summed E-state index contributed by atoms with van der Waals surface area (Å²) in [5.74, 6) is -0.466. The highest BCUT2D eigenvalue weighted by atomic mass is 35.5. The van der Waals surface area contributed by atoms with E-state index in [-0.39, 0.29) is 22.7 Å². The molecule has 0 fully saturated rings. The summed E-state index contributed by atoms with van der Waals surface area (Å²) in [4.78, 5) is 11.3. The van der Waals surface area contributed by atoms with Crippen molar-refractivity contribution >= 4 is 29.2 Å². The van der Waals surface area contributed by atoms with Gasteiger partial charge in [-0.1, -0.05) is 33.5 Å². The summed E-state index contributed by atoms with van der Waals surface area (Å²) < 4.78 is 14.1. The van der Waals surface area contributed by atoms with Crippen molar-refractivity contribution < 1.29 is 18.6 Å². The fraction of sp³-hybridized carbons (Fsp3) is 0.125. The number of carbonyl (C=O) groups excluding carboxylic acids is 1. The summed E-state index contributed by atoms with van der Waals surface area (Å²) in [6.45, 7) is -0.100. The van der Waals surface area contributed by atoms with Gasteiger partial charge in [-0.05, 0) is 0 Å². The van der Waals surface area contributed by atoms with Crippen LogP contribution < -0.4 is 0 Å². The summed E-state index contributed by atoms with van der Waals surface area (Å²) in [6.07, 6.45) is 0. The van der Waals surface area contributed by atoms with E-state index in [1.54, 1.807) is 0 Å². The minimum absolute atomic E-state index is 0.0784. The third-order valence-corrected chi connectivity index (χ3v) is 1.91. The van der Waals surface area contributed by atoms with Crippen molar-refractivity contribution in [3.8, 4) is 0 Å². The first kappa shape index (κ1) is 11.0. The lowest BCUT2D eigenvalue weighted by atomic mass is 10.4. The summed E-state index contributed by atoms with van der Waals surface area (Å²) in [5, 5.41) is 7.01. The maximum Gasteiger partial charge on any atom is 0.377 e. The van der Waals surface area contributed by atoms with Crippen molar-refractivity contribution in [3.05, 3.63) is 34.0 Å². The summed E-state index contributed by atoms with van der Waals surface area (Å²) in [5.41, 5.74) is 0. The second-order valence-electron chi connectivity index (χ2n) is 2.71. The number of nitrogens with zero attached hydrogens (tertiary/aromatic N) is 2. The number of hydrogen-bond donors (Lipinski definition) is 0. The van der Waals surface area contributed by atoms with E-state index in [4.69, 9.17) is 32.5 Å². The predicted octanol–water partition coefficient (Wildman–Crippen LogP) is 2.33. The number of hydrogen-bond acceptors (Lipinski definition) is 6. The van der Waals surface area contributed by atoms with Crippen molar-refractivity contribution in [2.45, 2.75) is 6.61 Å². The van der Waals surface area contributed by atoms with E-state index in [0.29, 0.717) is 5.76 Å². The molecule has 16 heavy (non-hydrogen) atoms. The van der Waals surface area contributed by atoms with Gasteiger partial charge in [0.2, 0.25) is 5.76 Å². The van der Waals surface area contributed by atoms with E-state index < -0.39 is 5.97 Å². The lowest BCUT2D eigenvalue weighted by Crippen LogP contribution is -2.03. The highest BCUT2D eigenvalue weighted by molar-refractivity contribution is 6.29. The first-order valence-corrected chi connectivity index (χ1v) is 4.81. The van der Waals surface area contributed by atoms with E-state index >= 15 is 0 Å². The molecule has 0 aliphatic rings. The van der Waals surface area contributed by atoms with Crippen LogP contribution >= 0.6 is 23.2 Å². The average molecular weight is 263 g/mol. The second-order valence-corrected chi connectivity index (χ2v) is 3.48. The van der Waals surface area contributed by atoms with Gasteiger partial charge < -0.3 is 13.8 Å². The van der Waals surface area contributed by atoms with Crippen LogP contribution in [0.25, 0.3) is 0 Å². The quantitative estimate of drug-likeness (QED) is 0.790. The van der Waals surface area contributed by atoms with Gasteiger partial charge in [-0.25, -0.2) is 4.79 Å². The largest absolute Gasteiger partial charge is 0.451 e. The van der Waals surface area contributed by atoms with Crippen LogP contribution in [0.2, 0.25) is 10.3 Å². The Balaban J connectivity index is 1.93. The Labute approximate surface area is 99.0 Å². The zero-order chi connectivity index (χ0) is 11.5. The molecule has 0 N–H and O–H groups in total. The molecule has 2 heterocycles. The minimum atomic E-state index is -0.702. The maximum atomic E-state index is 11.3. The fourth-order valence-electron chi connectivity index (χ4n) is 0.913. The SMILES string of the molecule is O=C(OCc1cc(Cl)no1)c1cc(Cl)no1. The van der Waals surface area contributed by atoms with Gasteiger partial charge >= 0.3 is 5.97 Å². The molecule has 0 spiro atoms. The molecular formula is C8H4Cl2N2O4. The Morgan fingerprint density at radius 1 is 1.25 bits per heavy atom. The Morgan fingerprint density at radius 2 is 1.94 bits per heavy atom. The molecule has 2 rings (SSSR count). The molecule has 0 aromatic carbocycles. The standard InChI is InChI=1S/C8H4Cl2N2O4/c9-6-1-4(15-11-6)3-14-8(13)5-2-7(10)12-16-5/h1-2H,3H2. The summed E-state index contributed by atoms with van der Waals surface area (Å²) in [6, 6.07) is 2.68. The number of rotatable bonds is 3. The number of ether oxygens (including phenoxy) is 1. The Hall–Kier alpha value is -1.53. The molecular weight excluding hydrogens is 259 g/mol. The normalized spacial score (nSPS) is 10.4. The molecule has 0 atom stereocenters. The van der Waals surface area contributed by atoms with Crippen LogP contribution in [0.15, 0.2) is 21.2 Å². The topological polar surface area (TPSA) is 78.4 Å². The minimum Gasteiger partial charge on any atom is -0.451 e. The van der Waals surface area contributed by atoms with E-state index in [0.717, 1.165) is 0 Å². The molecule has 0 unspecified atom stereocenters. The molecule has 2 aromatic rings.